The zero-order chi connectivity index (χ0) is 13.7. The Bertz CT molecular complexity index is 537. The van der Waals surface area contributed by atoms with Gasteiger partial charge < -0.3 is 10.5 Å². The fourth-order valence-electron chi connectivity index (χ4n) is 1.83. The van der Waals surface area contributed by atoms with Gasteiger partial charge in [0.25, 0.3) is 0 Å². The van der Waals surface area contributed by atoms with Crippen LogP contribution in [0.5, 0.6) is 11.5 Å². The van der Waals surface area contributed by atoms with Crippen LogP contribution in [0.3, 0.4) is 0 Å². The fourth-order valence-corrected chi connectivity index (χ4v) is 2.31. The first-order valence-corrected chi connectivity index (χ1v) is 7.30. The van der Waals surface area contributed by atoms with Crippen LogP contribution in [0.15, 0.2) is 46.9 Å². The number of rotatable bonds is 5. The van der Waals surface area contributed by atoms with Crippen molar-refractivity contribution >= 4 is 21.6 Å². The second kappa shape index (κ2) is 6.62. The molecule has 0 aliphatic heterocycles. The van der Waals surface area contributed by atoms with Crippen LogP contribution < -0.4 is 10.5 Å². The summed E-state index contributed by atoms with van der Waals surface area (Å²) < 4.78 is 6.68. The van der Waals surface area contributed by atoms with Crippen molar-refractivity contribution in [2.24, 2.45) is 0 Å². The quantitative estimate of drug-likeness (QED) is 0.772. The van der Waals surface area contributed by atoms with Gasteiger partial charge in [-0.3, -0.25) is 0 Å². The van der Waals surface area contributed by atoms with E-state index in [1.165, 1.54) is 18.4 Å². The molecule has 19 heavy (non-hydrogen) atoms. The van der Waals surface area contributed by atoms with Crippen LogP contribution in [-0.4, -0.2) is 0 Å². The van der Waals surface area contributed by atoms with E-state index in [4.69, 9.17) is 10.5 Å². The third-order valence-corrected chi connectivity index (χ3v) is 3.55. The Hall–Kier alpha value is -1.48. The topological polar surface area (TPSA) is 35.2 Å². The van der Waals surface area contributed by atoms with Crippen LogP contribution in [0.2, 0.25) is 0 Å². The maximum absolute atomic E-state index is 5.82. The largest absolute Gasteiger partial charge is 0.456 e. The third-order valence-electron chi connectivity index (χ3n) is 2.93. The zero-order valence-electron chi connectivity index (χ0n) is 11.0. The summed E-state index contributed by atoms with van der Waals surface area (Å²) in [6, 6.07) is 13.8. The van der Waals surface area contributed by atoms with Gasteiger partial charge in [0.1, 0.15) is 11.5 Å². The molecule has 3 heteroatoms. The lowest BCUT2D eigenvalue weighted by Crippen LogP contribution is -1.89. The summed E-state index contributed by atoms with van der Waals surface area (Å²) in [5, 5.41) is 0. The van der Waals surface area contributed by atoms with Gasteiger partial charge in [-0.15, -0.1) is 0 Å². The first kappa shape index (κ1) is 13.9. The smallest absolute Gasteiger partial charge is 0.141 e. The molecule has 2 nitrogen and oxygen atoms in total. The van der Waals surface area contributed by atoms with Crippen molar-refractivity contribution in [3.05, 3.63) is 52.5 Å². The van der Waals surface area contributed by atoms with Crippen LogP contribution >= 0.6 is 15.9 Å². The molecule has 0 aliphatic carbocycles. The Kier molecular flexibility index (Phi) is 4.86. The standard InChI is InChI=1S/C16H18BrNO/c1-2-3-4-12-5-8-14(9-6-12)19-16-10-7-13(18)11-15(16)17/h5-11H,2-4,18H2,1H3. The maximum Gasteiger partial charge on any atom is 0.141 e. The summed E-state index contributed by atoms with van der Waals surface area (Å²) in [5.74, 6) is 1.61. The highest BCUT2D eigenvalue weighted by molar-refractivity contribution is 9.10. The van der Waals surface area contributed by atoms with Crippen molar-refractivity contribution < 1.29 is 4.74 Å². The van der Waals surface area contributed by atoms with Crippen molar-refractivity contribution in [2.75, 3.05) is 5.73 Å². The first-order valence-electron chi connectivity index (χ1n) is 6.51. The summed E-state index contributed by atoms with van der Waals surface area (Å²) in [5.41, 5.74) is 7.77. The molecule has 0 saturated carbocycles. The number of halogens is 1. The Balaban J connectivity index is 2.06. The molecule has 0 fully saturated rings. The number of unbranched alkanes of at least 4 members (excludes halogenated alkanes) is 1. The molecule has 2 aromatic carbocycles. The van der Waals surface area contributed by atoms with Gasteiger partial charge in [-0.1, -0.05) is 25.5 Å². The summed E-state index contributed by atoms with van der Waals surface area (Å²) in [6.45, 7) is 2.20. The Morgan fingerprint density at radius 1 is 1.11 bits per heavy atom. The number of nitrogen functional groups attached to an aromatic ring is 1. The molecule has 0 saturated heterocycles. The highest BCUT2D eigenvalue weighted by Crippen LogP contribution is 2.31. The van der Waals surface area contributed by atoms with Gasteiger partial charge >= 0.3 is 0 Å². The Morgan fingerprint density at radius 3 is 2.47 bits per heavy atom. The van der Waals surface area contributed by atoms with Gasteiger partial charge in [-0.05, 0) is 64.7 Å². The summed E-state index contributed by atoms with van der Waals surface area (Å²) in [4.78, 5) is 0. The van der Waals surface area contributed by atoms with Gasteiger partial charge in [0.05, 0.1) is 4.47 Å². The van der Waals surface area contributed by atoms with E-state index in [2.05, 4.69) is 35.0 Å². The van der Waals surface area contributed by atoms with E-state index in [0.29, 0.717) is 5.69 Å². The molecule has 2 N–H and O–H groups in total. The number of ether oxygens (including phenoxy) is 1. The van der Waals surface area contributed by atoms with Gasteiger partial charge in [0.2, 0.25) is 0 Å². The maximum atomic E-state index is 5.82. The molecule has 0 heterocycles. The minimum Gasteiger partial charge on any atom is -0.456 e. The number of aryl methyl sites for hydroxylation is 1. The molecule has 0 aliphatic rings. The molecule has 0 atom stereocenters. The monoisotopic (exact) mass is 319 g/mol. The SMILES string of the molecule is CCCCc1ccc(Oc2ccc(N)cc2Br)cc1. The van der Waals surface area contributed by atoms with E-state index in [-0.39, 0.29) is 0 Å². The molecule has 0 radical (unpaired) electrons. The van der Waals surface area contributed by atoms with Crippen LogP contribution in [0.25, 0.3) is 0 Å². The first-order chi connectivity index (χ1) is 9.19. The second-order valence-corrected chi connectivity index (χ2v) is 5.39. The molecule has 100 valence electrons. The molecule has 0 aromatic heterocycles. The molecular weight excluding hydrogens is 302 g/mol. The lowest BCUT2D eigenvalue weighted by atomic mass is 10.1. The van der Waals surface area contributed by atoms with E-state index in [1.807, 2.05) is 30.3 Å². The lowest BCUT2D eigenvalue weighted by Gasteiger charge is -2.09. The van der Waals surface area contributed by atoms with E-state index in [1.54, 1.807) is 0 Å². The molecule has 0 spiro atoms. The minimum atomic E-state index is 0.717. The van der Waals surface area contributed by atoms with Crippen molar-refractivity contribution in [2.45, 2.75) is 26.2 Å². The average Bonchev–Trinajstić information content (AvgIpc) is 2.41. The molecular formula is C16H18BrNO. The number of anilines is 1. The van der Waals surface area contributed by atoms with Gasteiger partial charge in [-0.2, -0.15) is 0 Å². The van der Waals surface area contributed by atoms with Crippen LogP contribution in [0.4, 0.5) is 5.69 Å². The van der Waals surface area contributed by atoms with Crippen LogP contribution in [0, 0.1) is 0 Å². The predicted molar refractivity (Wildman–Crippen MR) is 83.7 cm³/mol. The number of hydrogen-bond donors (Lipinski definition) is 1. The molecule has 0 unspecified atom stereocenters. The second-order valence-electron chi connectivity index (χ2n) is 4.54. The molecule has 0 amide bonds. The molecule has 0 bridgehead atoms. The minimum absolute atomic E-state index is 0.717. The van der Waals surface area contributed by atoms with Gasteiger partial charge in [-0.25, -0.2) is 0 Å². The summed E-state index contributed by atoms with van der Waals surface area (Å²) >= 11 is 3.45. The molecule has 2 rings (SSSR count). The number of benzene rings is 2. The van der Waals surface area contributed by atoms with E-state index >= 15 is 0 Å². The highest BCUT2D eigenvalue weighted by Gasteiger charge is 2.03. The van der Waals surface area contributed by atoms with E-state index in [0.717, 1.165) is 22.4 Å². The van der Waals surface area contributed by atoms with Gasteiger partial charge in [0.15, 0.2) is 0 Å². The van der Waals surface area contributed by atoms with Crippen molar-refractivity contribution in [1.29, 1.82) is 0 Å². The third kappa shape index (κ3) is 4.00. The number of hydrogen-bond acceptors (Lipinski definition) is 2. The summed E-state index contributed by atoms with van der Waals surface area (Å²) in [6.07, 6.45) is 3.57. The molecule has 2 aromatic rings. The van der Waals surface area contributed by atoms with Crippen molar-refractivity contribution in [3.8, 4) is 11.5 Å². The van der Waals surface area contributed by atoms with Gasteiger partial charge in [0, 0.05) is 5.69 Å². The summed E-state index contributed by atoms with van der Waals surface area (Å²) in [7, 11) is 0. The highest BCUT2D eigenvalue weighted by atomic mass is 79.9. The number of nitrogens with two attached hydrogens (primary N) is 1. The average molecular weight is 320 g/mol. The predicted octanol–water partition coefficient (Wildman–Crippen LogP) is 5.17. The normalized spacial score (nSPS) is 10.4. The van der Waals surface area contributed by atoms with E-state index in [9.17, 15) is 0 Å². The lowest BCUT2D eigenvalue weighted by molar-refractivity contribution is 0.479. The zero-order valence-corrected chi connectivity index (χ0v) is 12.6. The van der Waals surface area contributed by atoms with Crippen LogP contribution in [0.1, 0.15) is 25.3 Å². The Morgan fingerprint density at radius 2 is 1.84 bits per heavy atom. The van der Waals surface area contributed by atoms with Crippen LogP contribution in [-0.2, 0) is 6.42 Å². The van der Waals surface area contributed by atoms with Crippen molar-refractivity contribution in [3.63, 3.8) is 0 Å². The van der Waals surface area contributed by atoms with E-state index < -0.39 is 0 Å². The Labute approximate surface area is 122 Å². The fraction of sp³-hybridized carbons (Fsp3) is 0.250. The van der Waals surface area contributed by atoms with Crippen molar-refractivity contribution in [1.82, 2.24) is 0 Å².